The molecule has 0 aliphatic carbocycles. The van der Waals surface area contributed by atoms with Crippen molar-refractivity contribution in [2.45, 2.75) is 24.3 Å². The highest BCUT2D eigenvalue weighted by Crippen LogP contribution is 2.36. The second-order valence-electron chi connectivity index (χ2n) is 6.10. The van der Waals surface area contributed by atoms with Crippen LogP contribution in [-0.4, -0.2) is 22.4 Å². The molecule has 0 N–H and O–H groups in total. The molecular weight excluding hydrogens is 364 g/mol. The van der Waals surface area contributed by atoms with Gasteiger partial charge in [0.2, 0.25) is 0 Å². The molecule has 0 saturated heterocycles. The van der Waals surface area contributed by atoms with Crippen LogP contribution in [0.1, 0.15) is 28.7 Å². The Morgan fingerprint density at radius 1 is 1.31 bits per heavy atom. The second kappa shape index (κ2) is 7.51. The fraction of sp³-hybridized carbons (Fsp3) is 0.200. The minimum Gasteiger partial charge on any atom is -0.463 e. The molecule has 0 spiro atoms. The predicted molar refractivity (Wildman–Crippen MR) is 106 cm³/mol. The Morgan fingerprint density at radius 2 is 2.23 bits per heavy atom. The van der Waals surface area contributed by atoms with Gasteiger partial charge in [0.25, 0.3) is 5.91 Å². The summed E-state index contributed by atoms with van der Waals surface area (Å²) in [7, 11) is 0. The molecule has 0 radical (unpaired) electrons. The van der Waals surface area contributed by atoms with Crippen LogP contribution in [0.15, 0.2) is 74.6 Å². The van der Waals surface area contributed by atoms with Crippen molar-refractivity contribution < 1.29 is 9.21 Å². The van der Waals surface area contributed by atoms with E-state index in [1.807, 2.05) is 35.7 Å². The largest absolute Gasteiger partial charge is 0.463 e. The van der Waals surface area contributed by atoms with E-state index >= 15 is 0 Å². The van der Waals surface area contributed by atoms with Crippen LogP contribution in [0, 0.1) is 6.92 Å². The van der Waals surface area contributed by atoms with E-state index in [-0.39, 0.29) is 11.9 Å². The Morgan fingerprint density at radius 3 is 2.96 bits per heavy atom. The molecule has 3 aromatic rings. The Bertz CT molecular complexity index is 917. The summed E-state index contributed by atoms with van der Waals surface area (Å²) in [6.07, 6.45) is 2.31. The van der Waals surface area contributed by atoms with E-state index in [4.69, 9.17) is 4.42 Å². The number of aryl methyl sites for hydroxylation is 1. The lowest BCUT2D eigenvalue weighted by atomic mass is 10.1. The van der Waals surface area contributed by atoms with E-state index < -0.39 is 0 Å². The van der Waals surface area contributed by atoms with Crippen LogP contribution in [0.5, 0.6) is 0 Å². The molecule has 2 aromatic heterocycles. The molecule has 1 amide bonds. The molecule has 6 heteroatoms. The maximum atomic E-state index is 12.9. The van der Waals surface area contributed by atoms with Gasteiger partial charge in [0, 0.05) is 16.2 Å². The maximum absolute atomic E-state index is 12.9. The van der Waals surface area contributed by atoms with E-state index in [0.29, 0.717) is 12.2 Å². The normalized spacial score (nSPS) is 16.7. The standard InChI is InChI=1S/C20H18N2O2S2/c1-14-5-2-6-15(11-14)26-13-20(23)22-17(19-8-4-10-25-19)12-16(21-22)18-7-3-9-24-18/h2-11,17H,12-13H2,1H3. The molecule has 4 nitrogen and oxygen atoms in total. The first-order valence-electron chi connectivity index (χ1n) is 8.37. The number of nitrogens with zero attached hydrogens (tertiary/aromatic N) is 2. The van der Waals surface area contributed by atoms with Gasteiger partial charge in [-0.2, -0.15) is 5.10 Å². The zero-order chi connectivity index (χ0) is 17.9. The fourth-order valence-corrected chi connectivity index (χ4v) is 4.63. The fourth-order valence-electron chi connectivity index (χ4n) is 2.95. The summed E-state index contributed by atoms with van der Waals surface area (Å²) in [4.78, 5) is 15.1. The molecule has 0 fully saturated rings. The van der Waals surface area contributed by atoms with Crippen molar-refractivity contribution >= 4 is 34.7 Å². The van der Waals surface area contributed by atoms with Crippen LogP contribution in [0.4, 0.5) is 0 Å². The molecule has 3 heterocycles. The molecule has 1 aliphatic heterocycles. The third kappa shape index (κ3) is 3.61. The Hall–Kier alpha value is -2.31. The van der Waals surface area contributed by atoms with Gasteiger partial charge in [0.05, 0.1) is 18.1 Å². The second-order valence-corrected chi connectivity index (χ2v) is 8.13. The minimum atomic E-state index is -0.0549. The topological polar surface area (TPSA) is 45.8 Å². The van der Waals surface area contributed by atoms with Crippen molar-refractivity contribution in [3.63, 3.8) is 0 Å². The van der Waals surface area contributed by atoms with E-state index in [9.17, 15) is 4.79 Å². The van der Waals surface area contributed by atoms with Gasteiger partial charge in [-0.15, -0.1) is 23.1 Å². The lowest BCUT2D eigenvalue weighted by Crippen LogP contribution is -2.28. The molecule has 1 aliphatic rings. The summed E-state index contributed by atoms with van der Waals surface area (Å²) in [6.45, 7) is 2.05. The first-order valence-corrected chi connectivity index (χ1v) is 10.2. The van der Waals surface area contributed by atoms with Crippen molar-refractivity contribution in [3.8, 4) is 0 Å². The van der Waals surface area contributed by atoms with Crippen molar-refractivity contribution in [1.29, 1.82) is 0 Å². The molecule has 1 unspecified atom stereocenters. The molecule has 0 bridgehead atoms. The summed E-state index contributed by atoms with van der Waals surface area (Å²) in [6, 6.07) is 15.9. The third-order valence-corrected chi connectivity index (χ3v) is 6.15. The van der Waals surface area contributed by atoms with Gasteiger partial charge in [-0.05, 0) is 42.6 Å². The molecule has 26 heavy (non-hydrogen) atoms. The van der Waals surface area contributed by atoms with Crippen molar-refractivity contribution in [2.24, 2.45) is 5.10 Å². The Balaban J connectivity index is 1.53. The number of thioether (sulfide) groups is 1. The SMILES string of the molecule is Cc1cccc(SCC(=O)N2N=C(c3ccco3)CC2c2cccs2)c1. The summed E-state index contributed by atoms with van der Waals surface area (Å²) >= 11 is 3.20. The number of hydrogen-bond donors (Lipinski definition) is 0. The molecule has 1 aromatic carbocycles. The zero-order valence-corrected chi connectivity index (χ0v) is 15.9. The molecule has 1 atom stereocenters. The van der Waals surface area contributed by atoms with Gasteiger partial charge in [-0.1, -0.05) is 23.8 Å². The quantitative estimate of drug-likeness (QED) is 0.575. The zero-order valence-electron chi connectivity index (χ0n) is 14.3. The average molecular weight is 383 g/mol. The average Bonchev–Trinajstić information content (AvgIpc) is 3.40. The number of carbonyl (C=O) groups is 1. The maximum Gasteiger partial charge on any atom is 0.253 e. The van der Waals surface area contributed by atoms with E-state index in [1.54, 1.807) is 34.4 Å². The summed E-state index contributed by atoms with van der Waals surface area (Å²) in [5, 5.41) is 8.26. The number of hydrazone groups is 1. The minimum absolute atomic E-state index is 0.0106. The van der Waals surface area contributed by atoms with E-state index in [2.05, 4.69) is 30.2 Å². The number of hydrogen-bond acceptors (Lipinski definition) is 5. The smallest absolute Gasteiger partial charge is 0.253 e. The van der Waals surface area contributed by atoms with Crippen LogP contribution in [0.3, 0.4) is 0 Å². The first kappa shape index (κ1) is 17.1. The van der Waals surface area contributed by atoms with Crippen molar-refractivity contribution in [1.82, 2.24) is 5.01 Å². The van der Waals surface area contributed by atoms with Gasteiger partial charge in [0.1, 0.15) is 11.5 Å². The number of benzene rings is 1. The van der Waals surface area contributed by atoms with Gasteiger partial charge < -0.3 is 4.42 Å². The Labute approximate surface area is 160 Å². The number of furan rings is 1. The predicted octanol–water partition coefficient (Wildman–Crippen LogP) is 5.12. The number of rotatable bonds is 5. The van der Waals surface area contributed by atoms with Gasteiger partial charge in [-0.3, -0.25) is 4.79 Å². The van der Waals surface area contributed by atoms with Crippen LogP contribution in [-0.2, 0) is 4.79 Å². The third-order valence-electron chi connectivity index (χ3n) is 4.19. The van der Waals surface area contributed by atoms with Crippen molar-refractivity contribution in [3.05, 3.63) is 76.4 Å². The van der Waals surface area contributed by atoms with Gasteiger partial charge in [0.15, 0.2) is 0 Å². The number of thiophene rings is 1. The summed E-state index contributed by atoms with van der Waals surface area (Å²) < 4.78 is 5.48. The van der Waals surface area contributed by atoms with E-state index in [1.165, 1.54) is 5.56 Å². The first-order chi connectivity index (χ1) is 12.7. The van der Waals surface area contributed by atoms with Crippen LogP contribution >= 0.6 is 23.1 Å². The molecular formula is C20H18N2O2S2. The molecule has 132 valence electrons. The number of carbonyl (C=O) groups excluding carboxylic acids is 1. The highest BCUT2D eigenvalue weighted by Gasteiger charge is 2.34. The lowest BCUT2D eigenvalue weighted by molar-refractivity contribution is -0.130. The van der Waals surface area contributed by atoms with Crippen LogP contribution < -0.4 is 0 Å². The number of amides is 1. The van der Waals surface area contributed by atoms with E-state index in [0.717, 1.165) is 21.2 Å². The molecule has 4 rings (SSSR count). The summed E-state index contributed by atoms with van der Waals surface area (Å²) in [5.41, 5.74) is 2.01. The van der Waals surface area contributed by atoms with Crippen molar-refractivity contribution in [2.75, 3.05) is 5.75 Å². The lowest BCUT2D eigenvalue weighted by Gasteiger charge is -2.20. The highest BCUT2D eigenvalue weighted by molar-refractivity contribution is 8.00. The van der Waals surface area contributed by atoms with Gasteiger partial charge in [-0.25, -0.2) is 5.01 Å². The summed E-state index contributed by atoms with van der Waals surface area (Å²) in [5.74, 6) is 1.10. The van der Waals surface area contributed by atoms with Crippen LogP contribution in [0.25, 0.3) is 0 Å². The monoisotopic (exact) mass is 382 g/mol. The van der Waals surface area contributed by atoms with Gasteiger partial charge >= 0.3 is 0 Å². The molecule has 0 saturated carbocycles. The van der Waals surface area contributed by atoms with Crippen LogP contribution in [0.2, 0.25) is 0 Å². The Kier molecular flexibility index (Phi) is 4.95. The highest BCUT2D eigenvalue weighted by atomic mass is 32.2.